The van der Waals surface area contributed by atoms with E-state index in [1.807, 2.05) is 19.1 Å². The smallest absolute Gasteiger partial charge is 0.255 e. The molecule has 0 spiro atoms. The second-order valence-corrected chi connectivity index (χ2v) is 7.58. The lowest BCUT2D eigenvalue weighted by atomic mass is 9.78. The average Bonchev–Trinajstić information content (AvgIpc) is 2.62. The quantitative estimate of drug-likeness (QED) is 0.695. The summed E-state index contributed by atoms with van der Waals surface area (Å²) in [5, 5.41) is 6.06. The number of hydrogen-bond donors (Lipinski definition) is 2. The summed E-state index contributed by atoms with van der Waals surface area (Å²) < 4.78 is 5.48. The number of carbonyl (C=O) groups excluding carboxylic acids is 2. The van der Waals surface area contributed by atoms with Crippen molar-refractivity contribution < 1.29 is 14.3 Å². The molecule has 1 aliphatic rings. The van der Waals surface area contributed by atoms with E-state index in [9.17, 15) is 9.59 Å². The third kappa shape index (κ3) is 6.04. The maximum absolute atomic E-state index is 12.3. The molecule has 0 bridgehead atoms. The standard InChI is InChI=1S/C21H32N2O3/c1-4-26-18-9-6-5-8-17(18)20(25)22-15-7-10-19(24)23-21(3)13-11-16(2)12-14-21/h5-6,8-9,16H,4,7,10-15H2,1-3H3,(H,22,25)(H,23,24). The molecule has 2 amide bonds. The Hall–Kier alpha value is -2.04. The SMILES string of the molecule is CCOc1ccccc1C(=O)NCCCC(=O)NC1(C)CCC(C)CC1. The minimum Gasteiger partial charge on any atom is -0.493 e. The molecule has 0 heterocycles. The Morgan fingerprint density at radius 1 is 1.23 bits per heavy atom. The summed E-state index contributed by atoms with van der Waals surface area (Å²) in [5.74, 6) is 1.26. The van der Waals surface area contributed by atoms with E-state index in [-0.39, 0.29) is 17.4 Å². The van der Waals surface area contributed by atoms with Crippen molar-refractivity contribution in [3.05, 3.63) is 29.8 Å². The molecule has 1 aromatic rings. The van der Waals surface area contributed by atoms with Gasteiger partial charge in [-0.05, 0) is 64.0 Å². The highest BCUT2D eigenvalue weighted by molar-refractivity contribution is 5.96. The van der Waals surface area contributed by atoms with E-state index in [1.165, 1.54) is 12.8 Å². The topological polar surface area (TPSA) is 67.4 Å². The Bertz CT molecular complexity index is 607. The third-order valence-electron chi connectivity index (χ3n) is 5.12. The molecule has 0 aromatic heterocycles. The minimum atomic E-state index is -0.164. The van der Waals surface area contributed by atoms with Gasteiger partial charge in [0, 0.05) is 18.5 Å². The largest absolute Gasteiger partial charge is 0.493 e. The Kier molecular flexibility index (Phi) is 7.49. The van der Waals surface area contributed by atoms with Crippen molar-refractivity contribution in [3.8, 4) is 5.75 Å². The van der Waals surface area contributed by atoms with Crippen LogP contribution in [0.5, 0.6) is 5.75 Å². The summed E-state index contributed by atoms with van der Waals surface area (Å²) in [6, 6.07) is 7.20. The monoisotopic (exact) mass is 360 g/mol. The van der Waals surface area contributed by atoms with Crippen molar-refractivity contribution in [1.29, 1.82) is 0 Å². The summed E-state index contributed by atoms with van der Waals surface area (Å²) in [4.78, 5) is 24.5. The van der Waals surface area contributed by atoms with Crippen LogP contribution in [-0.2, 0) is 4.79 Å². The lowest BCUT2D eigenvalue weighted by Gasteiger charge is -2.37. The summed E-state index contributed by atoms with van der Waals surface area (Å²) in [7, 11) is 0. The van der Waals surface area contributed by atoms with Crippen molar-refractivity contribution >= 4 is 11.8 Å². The van der Waals surface area contributed by atoms with E-state index in [0.717, 1.165) is 18.8 Å². The molecule has 26 heavy (non-hydrogen) atoms. The Balaban J connectivity index is 1.71. The molecule has 2 N–H and O–H groups in total. The van der Waals surface area contributed by atoms with Gasteiger partial charge in [0.15, 0.2) is 0 Å². The number of hydrogen-bond acceptors (Lipinski definition) is 3. The Morgan fingerprint density at radius 2 is 1.92 bits per heavy atom. The van der Waals surface area contributed by atoms with Crippen LogP contribution < -0.4 is 15.4 Å². The van der Waals surface area contributed by atoms with Crippen LogP contribution in [0.3, 0.4) is 0 Å². The molecule has 1 saturated carbocycles. The fourth-order valence-electron chi connectivity index (χ4n) is 3.41. The molecule has 1 fully saturated rings. The van der Waals surface area contributed by atoms with Crippen LogP contribution in [0.2, 0.25) is 0 Å². The van der Waals surface area contributed by atoms with E-state index in [1.54, 1.807) is 12.1 Å². The molecule has 0 atom stereocenters. The zero-order chi connectivity index (χ0) is 19.0. The molecule has 5 heteroatoms. The second-order valence-electron chi connectivity index (χ2n) is 7.58. The predicted octanol–water partition coefficient (Wildman–Crippen LogP) is 3.68. The van der Waals surface area contributed by atoms with Crippen molar-refractivity contribution in [3.63, 3.8) is 0 Å². The van der Waals surface area contributed by atoms with Crippen molar-refractivity contribution in [2.75, 3.05) is 13.2 Å². The molecule has 144 valence electrons. The molecule has 0 unspecified atom stereocenters. The van der Waals surface area contributed by atoms with E-state index < -0.39 is 0 Å². The summed E-state index contributed by atoms with van der Waals surface area (Å²) in [6.45, 7) is 7.29. The highest BCUT2D eigenvalue weighted by Crippen LogP contribution is 2.31. The molecule has 1 aromatic carbocycles. The van der Waals surface area contributed by atoms with E-state index >= 15 is 0 Å². The van der Waals surface area contributed by atoms with Gasteiger partial charge in [0.2, 0.25) is 5.91 Å². The number of carbonyl (C=O) groups is 2. The number of amides is 2. The molecule has 2 rings (SSSR count). The van der Waals surface area contributed by atoms with Crippen molar-refractivity contribution in [2.24, 2.45) is 5.92 Å². The molecule has 1 aliphatic carbocycles. The average molecular weight is 360 g/mol. The Labute approximate surface area is 156 Å². The first kappa shape index (κ1) is 20.3. The summed E-state index contributed by atoms with van der Waals surface area (Å²) in [6.07, 6.45) is 5.49. The van der Waals surface area contributed by atoms with Gasteiger partial charge in [0.25, 0.3) is 5.91 Å². The highest BCUT2D eigenvalue weighted by Gasteiger charge is 2.30. The van der Waals surface area contributed by atoms with Gasteiger partial charge in [-0.25, -0.2) is 0 Å². The van der Waals surface area contributed by atoms with Crippen LogP contribution in [0.1, 0.15) is 69.7 Å². The minimum absolute atomic E-state index is 0.0662. The fourth-order valence-corrected chi connectivity index (χ4v) is 3.41. The fraction of sp³-hybridized carbons (Fsp3) is 0.619. The van der Waals surface area contributed by atoms with Crippen LogP contribution >= 0.6 is 0 Å². The lowest BCUT2D eigenvalue weighted by Crippen LogP contribution is -2.48. The van der Waals surface area contributed by atoms with Gasteiger partial charge >= 0.3 is 0 Å². The first-order valence-electron chi connectivity index (χ1n) is 9.74. The third-order valence-corrected chi connectivity index (χ3v) is 5.12. The van der Waals surface area contributed by atoms with Crippen LogP contribution in [0.4, 0.5) is 0 Å². The van der Waals surface area contributed by atoms with Gasteiger partial charge in [0.1, 0.15) is 5.75 Å². The van der Waals surface area contributed by atoms with E-state index in [2.05, 4.69) is 24.5 Å². The second kappa shape index (κ2) is 9.60. The first-order valence-corrected chi connectivity index (χ1v) is 9.74. The Morgan fingerprint density at radius 3 is 2.62 bits per heavy atom. The van der Waals surface area contributed by atoms with E-state index in [0.29, 0.717) is 37.3 Å². The number of ether oxygens (including phenoxy) is 1. The van der Waals surface area contributed by atoms with Crippen molar-refractivity contribution in [1.82, 2.24) is 10.6 Å². The van der Waals surface area contributed by atoms with Crippen LogP contribution in [-0.4, -0.2) is 30.5 Å². The van der Waals surface area contributed by atoms with Gasteiger partial charge in [-0.3, -0.25) is 9.59 Å². The zero-order valence-corrected chi connectivity index (χ0v) is 16.3. The number of nitrogens with one attached hydrogen (secondary N) is 2. The highest BCUT2D eigenvalue weighted by atomic mass is 16.5. The van der Waals surface area contributed by atoms with Gasteiger partial charge < -0.3 is 15.4 Å². The maximum atomic E-state index is 12.3. The number of rotatable bonds is 8. The number of para-hydroxylation sites is 1. The lowest BCUT2D eigenvalue weighted by molar-refractivity contribution is -0.123. The predicted molar refractivity (Wildman–Crippen MR) is 103 cm³/mol. The summed E-state index contributed by atoms with van der Waals surface area (Å²) >= 11 is 0. The first-order chi connectivity index (χ1) is 12.4. The molecular formula is C21H32N2O3. The van der Waals surface area contributed by atoms with Crippen molar-refractivity contribution in [2.45, 2.75) is 64.8 Å². The van der Waals surface area contributed by atoms with Gasteiger partial charge in [-0.15, -0.1) is 0 Å². The van der Waals surface area contributed by atoms with Crippen LogP contribution in [0, 0.1) is 5.92 Å². The van der Waals surface area contributed by atoms with Gasteiger partial charge in [-0.2, -0.15) is 0 Å². The molecule has 5 nitrogen and oxygen atoms in total. The molecule has 0 saturated heterocycles. The molecular weight excluding hydrogens is 328 g/mol. The van der Waals surface area contributed by atoms with Crippen LogP contribution in [0.15, 0.2) is 24.3 Å². The van der Waals surface area contributed by atoms with Crippen LogP contribution in [0.25, 0.3) is 0 Å². The maximum Gasteiger partial charge on any atom is 0.255 e. The van der Waals surface area contributed by atoms with E-state index in [4.69, 9.17) is 4.74 Å². The molecule has 0 radical (unpaired) electrons. The zero-order valence-electron chi connectivity index (χ0n) is 16.3. The van der Waals surface area contributed by atoms with Gasteiger partial charge in [0.05, 0.1) is 12.2 Å². The number of benzene rings is 1. The summed E-state index contributed by atoms with van der Waals surface area (Å²) in [5.41, 5.74) is 0.464. The molecule has 0 aliphatic heterocycles. The van der Waals surface area contributed by atoms with Gasteiger partial charge in [-0.1, -0.05) is 19.1 Å². The normalized spacial score (nSPS) is 22.5.